The molecule has 1 fully saturated rings. The molecule has 1 aromatic heterocycles. The lowest BCUT2D eigenvalue weighted by Gasteiger charge is -2.15. The van der Waals surface area contributed by atoms with Crippen LogP contribution >= 0.6 is 0 Å². The molecule has 3 heteroatoms. The quantitative estimate of drug-likeness (QED) is 0.803. The van der Waals surface area contributed by atoms with Gasteiger partial charge in [0.1, 0.15) is 0 Å². The molecule has 0 bridgehead atoms. The van der Waals surface area contributed by atoms with Crippen molar-refractivity contribution in [1.82, 2.24) is 15.6 Å². The molecule has 1 saturated heterocycles. The summed E-state index contributed by atoms with van der Waals surface area (Å²) in [5.74, 6) is 0. The first-order chi connectivity index (χ1) is 7.95. The van der Waals surface area contributed by atoms with Crippen LogP contribution in [0.4, 0.5) is 0 Å². The van der Waals surface area contributed by atoms with Crippen molar-refractivity contribution in [1.29, 1.82) is 0 Å². The highest BCUT2D eigenvalue weighted by molar-refractivity contribution is 5.03. The van der Waals surface area contributed by atoms with Gasteiger partial charge in [-0.1, -0.05) is 6.07 Å². The van der Waals surface area contributed by atoms with Crippen LogP contribution in [-0.2, 0) is 6.42 Å². The summed E-state index contributed by atoms with van der Waals surface area (Å²) >= 11 is 0. The molecule has 3 nitrogen and oxygen atoms in total. The molecule has 2 rings (SSSR count). The van der Waals surface area contributed by atoms with Gasteiger partial charge in [-0.3, -0.25) is 4.98 Å². The van der Waals surface area contributed by atoms with Crippen molar-refractivity contribution >= 4 is 0 Å². The highest BCUT2D eigenvalue weighted by Crippen LogP contribution is 2.05. The summed E-state index contributed by atoms with van der Waals surface area (Å²) in [6.07, 6.45) is 6.68. The van der Waals surface area contributed by atoms with Gasteiger partial charge in [-0.2, -0.15) is 0 Å². The zero-order chi connectivity index (χ0) is 11.1. The van der Waals surface area contributed by atoms with Crippen LogP contribution in [0.25, 0.3) is 0 Å². The molecule has 0 aliphatic carbocycles. The molecule has 1 unspecified atom stereocenters. The van der Waals surface area contributed by atoms with Crippen molar-refractivity contribution in [3.63, 3.8) is 0 Å². The first-order valence-electron chi connectivity index (χ1n) is 6.29. The molecule has 1 aliphatic rings. The normalized spacial score (nSPS) is 21.6. The second kappa shape index (κ2) is 6.61. The summed E-state index contributed by atoms with van der Waals surface area (Å²) in [6.45, 7) is 3.42. The lowest BCUT2D eigenvalue weighted by atomic mass is 10.1. The topological polar surface area (TPSA) is 37.0 Å². The Hall–Kier alpha value is -0.930. The van der Waals surface area contributed by atoms with E-state index in [1.165, 1.54) is 25.0 Å². The van der Waals surface area contributed by atoms with Crippen LogP contribution in [0.5, 0.6) is 0 Å². The number of hydrogen-bond donors (Lipinski definition) is 2. The summed E-state index contributed by atoms with van der Waals surface area (Å²) in [4.78, 5) is 4.34. The van der Waals surface area contributed by atoms with Crippen LogP contribution in [0.2, 0.25) is 0 Å². The van der Waals surface area contributed by atoms with Crippen LogP contribution in [0.15, 0.2) is 24.4 Å². The number of hydrogen-bond acceptors (Lipinski definition) is 3. The minimum absolute atomic E-state index is 0.645. The highest BCUT2D eigenvalue weighted by atomic mass is 15.0. The van der Waals surface area contributed by atoms with Gasteiger partial charge in [0.15, 0.2) is 0 Å². The maximum atomic E-state index is 4.34. The van der Waals surface area contributed by atoms with E-state index in [4.69, 9.17) is 0 Å². The van der Waals surface area contributed by atoms with Crippen molar-refractivity contribution in [3.05, 3.63) is 30.1 Å². The molecule has 0 saturated carbocycles. The first kappa shape index (κ1) is 11.6. The first-order valence-corrected chi connectivity index (χ1v) is 6.29. The number of nitrogens with one attached hydrogen (secondary N) is 2. The van der Waals surface area contributed by atoms with Gasteiger partial charge < -0.3 is 10.6 Å². The summed E-state index contributed by atoms with van der Waals surface area (Å²) in [5.41, 5.74) is 1.21. The van der Waals surface area contributed by atoms with Crippen LogP contribution < -0.4 is 10.6 Å². The molecule has 1 atom stereocenters. The van der Waals surface area contributed by atoms with Gasteiger partial charge >= 0.3 is 0 Å². The van der Waals surface area contributed by atoms with Gasteiger partial charge in [0.25, 0.3) is 0 Å². The summed E-state index contributed by atoms with van der Waals surface area (Å²) in [5, 5.41) is 7.05. The monoisotopic (exact) mass is 219 g/mol. The van der Waals surface area contributed by atoms with Gasteiger partial charge in [-0.15, -0.1) is 0 Å². The summed E-state index contributed by atoms with van der Waals surface area (Å²) in [6, 6.07) is 6.79. The minimum Gasteiger partial charge on any atom is -0.315 e. The zero-order valence-electron chi connectivity index (χ0n) is 9.78. The van der Waals surface area contributed by atoms with Crippen LogP contribution in [0.3, 0.4) is 0 Å². The van der Waals surface area contributed by atoms with E-state index in [1.807, 2.05) is 12.3 Å². The molecule has 16 heavy (non-hydrogen) atoms. The van der Waals surface area contributed by atoms with E-state index in [2.05, 4.69) is 27.8 Å². The molecular formula is C13H21N3. The van der Waals surface area contributed by atoms with E-state index < -0.39 is 0 Å². The molecule has 1 aromatic rings. The average Bonchev–Trinajstić information content (AvgIpc) is 2.59. The number of aryl methyl sites for hydroxylation is 1. The molecular weight excluding hydrogens is 198 g/mol. The number of pyridine rings is 1. The number of aromatic nitrogens is 1. The standard InChI is InChI=1S/C13H21N3/c1-2-9-15-12(5-1)6-3-7-13-11-14-8-4-10-16-13/h1-2,5,9,13-14,16H,3-4,6-8,10-11H2. The predicted molar refractivity (Wildman–Crippen MR) is 66.5 cm³/mol. The Balaban J connectivity index is 1.67. The third-order valence-corrected chi connectivity index (χ3v) is 3.07. The number of rotatable bonds is 4. The van der Waals surface area contributed by atoms with Gasteiger partial charge in [0.05, 0.1) is 0 Å². The van der Waals surface area contributed by atoms with E-state index in [1.54, 1.807) is 0 Å². The Kier molecular flexibility index (Phi) is 4.77. The number of nitrogens with zero attached hydrogens (tertiary/aromatic N) is 1. The van der Waals surface area contributed by atoms with Crippen molar-refractivity contribution in [2.75, 3.05) is 19.6 Å². The second-order valence-corrected chi connectivity index (χ2v) is 4.42. The van der Waals surface area contributed by atoms with Crippen LogP contribution in [0.1, 0.15) is 25.0 Å². The zero-order valence-corrected chi connectivity index (χ0v) is 9.78. The predicted octanol–water partition coefficient (Wildman–Crippen LogP) is 1.36. The van der Waals surface area contributed by atoms with Crippen molar-refractivity contribution in [2.45, 2.75) is 31.7 Å². The van der Waals surface area contributed by atoms with E-state index in [0.29, 0.717) is 6.04 Å². The Morgan fingerprint density at radius 3 is 3.19 bits per heavy atom. The van der Waals surface area contributed by atoms with E-state index >= 15 is 0 Å². The molecule has 0 spiro atoms. The Bertz CT molecular complexity index is 278. The molecule has 2 heterocycles. The maximum Gasteiger partial charge on any atom is 0.0403 e. The smallest absolute Gasteiger partial charge is 0.0403 e. The minimum atomic E-state index is 0.645. The molecule has 0 amide bonds. The molecule has 1 aliphatic heterocycles. The largest absolute Gasteiger partial charge is 0.315 e. The maximum absolute atomic E-state index is 4.34. The fourth-order valence-electron chi connectivity index (χ4n) is 2.15. The van der Waals surface area contributed by atoms with E-state index in [9.17, 15) is 0 Å². The average molecular weight is 219 g/mol. The van der Waals surface area contributed by atoms with Gasteiger partial charge in [-0.05, 0) is 50.9 Å². The third kappa shape index (κ3) is 3.91. The molecule has 0 aromatic carbocycles. The fourth-order valence-corrected chi connectivity index (χ4v) is 2.15. The second-order valence-electron chi connectivity index (χ2n) is 4.42. The highest BCUT2D eigenvalue weighted by Gasteiger charge is 2.10. The lowest BCUT2D eigenvalue weighted by molar-refractivity contribution is 0.478. The van der Waals surface area contributed by atoms with Crippen molar-refractivity contribution < 1.29 is 0 Å². The Morgan fingerprint density at radius 1 is 1.31 bits per heavy atom. The van der Waals surface area contributed by atoms with E-state index in [0.717, 1.165) is 26.1 Å². The van der Waals surface area contributed by atoms with Gasteiger partial charge in [0.2, 0.25) is 0 Å². The van der Waals surface area contributed by atoms with Crippen molar-refractivity contribution in [3.8, 4) is 0 Å². The molecule has 2 N–H and O–H groups in total. The SMILES string of the molecule is c1ccc(CCCC2CNCCCN2)nc1. The third-order valence-electron chi connectivity index (χ3n) is 3.07. The molecule has 0 radical (unpaired) electrons. The van der Waals surface area contributed by atoms with Crippen molar-refractivity contribution in [2.24, 2.45) is 0 Å². The van der Waals surface area contributed by atoms with Crippen LogP contribution in [0, 0.1) is 0 Å². The molecule has 88 valence electrons. The van der Waals surface area contributed by atoms with E-state index in [-0.39, 0.29) is 0 Å². The Morgan fingerprint density at radius 2 is 2.31 bits per heavy atom. The Labute approximate surface area is 97.7 Å². The summed E-state index contributed by atoms with van der Waals surface area (Å²) in [7, 11) is 0. The summed E-state index contributed by atoms with van der Waals surface area (Å²) < 4.78 is 0. The van der Waals surface area contributed by atoms with Crippen LogP contribution in [-0.4, -0.2) is 30.7 Å². The fraction of sp³-hybridized carbons (Fsp3) is 0.615. The van der Waals surface area contributed by atoms with Gasteiger partial charge in [-0.25, -0.2) is 0 Å². The van der Waals surface area contributed by atoms with Gasteiger partial charge in [0, 0.05) is 24.5 Å². The lowest BCUT2D eigenvalue weighted by Crippen LogP contribution is -2.35.